The van der Waals surface area contributed by atoms with Crippen molar-refractivity contribution in [3.8, 4) is 5.75 Å². The van der Waals surface area contributed by atoms with E-state index < -0.39 is 0 Å². The van der Waals surface area contributed by atoms with E-state index in [9.17, 15) is 14.0 Å². The maximum absolute atomic E-state index is 12.8. The lowest BCUT2D eigenvalue weighted by atomic mass is 10.1. The summed E-state index contributed by atoms with van der Waals surface area (Å²) in [6.07, 6.45) is 0. The minimum Gasteiger partial charge on any atom is -0.492 e. The van der Waals surface area contributed by atoms with Gasteiger partial charge in [0.1, 0.15) is 18.2 Å². The summed E-state index contributed by atoms with van der Waals surface area (Å²) in [5.41, 5.74) is 1.45. The van der Waals surface area contributed by atoms with Crippen LogP contribution in [0, 0.1) is 5.82 Å². The van der Waals surface area contributed by atoms with Gasteiger partial charge >= 0.3 is 0 Å². The molecule has 0 aliphatic carbocycles. The quantitative estimate of drug-likeness (QED) is 0.765. The van der Waals surface area contributed by atoms with Gasteiger partial charge in [-0.3, -0.25) is 9.59 Å². The molecule has 0 aliphatic heterocycles. The molecule has 0 heterocycles. The number of hydrogen-bond acceptors (Lipinski definition) is 3. The van der Waals surface area contributed by atoms with Crippen molar-refractivity contribution in [3.63, 3.8) is 0 Å². The topological polar surface area (TPSA) is 67.4 Å². The fraction of sp³-hybridized carbons (Fsp3) is 0.222. The highest BCUT2D eigenvalue weighted by molar-refractivity contribution is 5.94. The van der Waals surface area contributed by atoms with Gasteiger partial charge in [-0.05, 0) is 42.0 Å². The highest BCUT2D eigenvalue weighted by atomic mass is 19.1. The van der Waals surface area contributed by atoms with E-state index in [-0.39, 0.29) is 24.2 Å². The summed E-state index contributed by atoms with van der Waals surface area (Å²) in [5, 5.41) is 5.43. The van der Waals surface area contributed by atoms with Crippen molar-refractivity contribution in [3.05, 3.63) is 65.5 Å². The largest absolute Gasteiger partial charge is 0.492 e. The molecular weight excluding hydrogens is 311 g/mol. The summed E-state index contributed by atoms with van der Waals surface area (Å²) in [7, 11) is 0. The molecule has 0 spiro atoms. The van der Waals surface area contributed by atoms with E-state index in [0.29, 0.717) is 24.4 Å². The first-order chi connectivity index (χ1) is 11.5. The van der Waals surface area contributed by atoms with Crippen LogP contribution in [-0.2, 0) is 11.3 Å². The average molecular weight is 330 g/mol. The summed E-state index contributed by atoms with van der Waals surface area (Å²) in [6, 6.07) is 12.7. The van der Waals surface area contributed by atoms with Gasteiger partial charge in [0.15, 0.2) is 0 Å². The first kappa shape index (κ1) is 17.5. The van der Waals surface area contributed by atoms with Crippen LogP contribution in [0.2, 0.25) is 0 Å². The van der Waals surface area contributed by atoms with Gasteiger partial charge in [-0.1, -0.05) is 12.1 Å². The van der Waals surface area contributed by atoms with E-state index in [0.717, 1.165) is 5.56 Å². The molecule has 0 atom stereocenters. The summed E-state index contributed by atoms with van der Waals surface area (Å²) in [6.45, 7) is 2.51. The zero-order valence-electron chi connectivity index (χ0n) is 13.3. The van der Waals surface area contributed by atoms with E-state index in [1.807, 2.05) is 0 Å². The number of halogens is 1. The van der Waals surface area contributed by atoms with E-state index in [1.165, 1.54) is 31.2 Å². The molecule has 0 radical (unpaired) electrons. The van der Waals surface area contributed by atoms with Crippen molar-refractivity contribution in [1.29, 1.82) is 0 Å². The number of carbonyl (C=O) groups is 2. The van der Waals surface area contributed by atoms with Crippen LogP contribution in [0.25, 0.3) is 0 Å². The number of carbonyl (C=O) groups excluding carboxylic acids is 2. The predicted octanol–water partition coefficient (Wildman–Crippen LogP) is 2.27. The van der Waals surface area contributed by atoms with E-state index in [1.54, 1.807) is 24.3 Å². The molecule has 0 fully saturated rings. The van der Waals surface area contributed by atoms with Crippen molar-refractivity contribution in [2.75, 3.05) is 13.2 Å². The Morgan fingerprint density at radius 3 is 2.29 bits per heavy atom. The summed E-state index contributed by atoms with van der Waals surface area (Å²) in [5.74, 6) is -0.0765. The minimum atomic E-state index is -0.322. The van der Waals surface area contributed by atoms with Crippen LogP contribution < -0.4 is 15.4 Å². The van der Waals surface area contributed by atoms with Crippen LogP contribution in [0.3, 0.4) is 0 Å². The normalized spacial score (nSPS) is 10.1. The molecule has 0 unspecified atom stereocenters. The lowest BCUT2D eigenvalue weighted by molar-refractivity contribution is -0.119. The molecule has 6 heteroatoms. The highest BCUT2D eigenvalue weighted by Crippen LogP contribution is 2.10. The Bertz CT molecular complexity index is 684. The Hall–Kier alpha value is -2.89. The van der Waals surface area contributed by atoms with Gasteiger partial charge in [0.05, 0.1) is 6.54 Å². The Morgan fingerprint density at radius 1 is 1.00 bits per heavy atom. The number of hydrogen-bond donors (Lipinski definition) is 2. The standard InChI is InChI=1S/C18H19FN2O3/c1-13(22)21-12-14-2-4-15(5-3-14)18(23)20-10-11-24-17-8-6-16(19)7-9-17/h2-9H,10-12H2,1H3,(H,20,23)(H,21,22). The molecule has 126 valence electrons. The van der Waals surface area contributed by atoms with Gasteiger partial charge in [-0.2, -0.15) is 0 Å². The van der Waals surface area contributed by atoms with Crippen LogP contribution >= 0.6 is 0 Å². The maximum atomic E-state index is 12.8. The third-order valence-corrected chi connectivity index (χ3v) is 3.23. The Kier molecular flexibility index (Phi) is 6.31. The SMILES string of the molecule is CC(=O)NCc1ccc(C(=O)NCCOc2ccc(F)cc2)cc1. The van der Waals surface area contributed by atoms with Gasteiger partial charge in [-0.25, -0.2) is 4.39 Å². The van der Waals surface area contributed by atoms with Crippen molar-refractivity contribution in [2.45, 2.75) is 13.5 Å². The average Bonchev–Trinajstić information content (AvgIpc) is 2.58. The molecule has 24 heavy (non-hydrogen) atoms. The molecule has 2 aromatic carbocycles. The molecule has 2 aromatic rings. The third kappa shape index (κ3) is 5.72. The van der Waals surface area contributed by atoms with Gasteiger partial charge in [0.2, 0.25) is 5.91 Å². The molecule has 2 N–H and O–H groups in total. The second-order valence-electron chi connectivity index (χ2n) is 5.16. The third-order valence-electron chi connectivity index (χ3n) is 3.23. The van der Waals surface area contributed by atoms with Gasteiger partial charge < -0.3 is 15.4 Å². The summed E-state index contributed by atoms with van der Waals surface area (Å²) in [4.78, 5) is 22.8. The van der Waals surface area contributed by atoms with Crippen LogP contribution in [0.15, 0.2) is 48.5 Å². The number of nitrogens with one attached hydrogen (secondary N) is 2. The van der Waals surface area contributed by atoms with E-state index in [4.69, 9.17) is 4.74 Å². The Morgan fingerprint density at radius 2 is 1.67 bits per heavy atom. The highest BCUT2D eigenvalue weighted by Gasteiger charge is 2.05. The molecule has 0 bridgehead atoms. The van der Waals surface area contributed by atoms with Gasteiger partial charge in [0, 0.05) is 19.0 Å². The van der Waals surface area contributed by atoms with Crippen molar-refractivity contribution in [2.24, 2.45) is 0 Å². The lowest BCUT2D eigenvalue weighted by Crippen LogP contribution is -2.28. The second-order valence-corrected chi connectivity index (χ2v) is 5.16. The van der Waals surface area contributed by atoms with Gasteiger partial charge in [0.25, 0.3) is 5.91 Å². The Balaban J connectivity index is 1.73. The summed E-state index contributed by atoms with van der Waals surface area (Å²) < 4.78 is 18.2. The van der Waals surface area contributed by atoms with Crippen LogP contribution in [0.1, 0.15) is 22.8 Å². The lowest BCUT2D eigenvalue weighted by Gasteiger charge is -2.08. The summed E-state index contributed by atoms with van der Waals surface area (Å²) >= 11 is 0. The van der Waals surface area contributed by atoms with Gasteiger partial charge in [-0.15, -0.1) is 0 Å². The number of benzene rings is 2. The molecule has 2 amide bonds. The fourth-order valence-electron chi connectivity index (χ4n) is 1.97. The number of ether oxygens (including phenoxy) is 1. The van der Waals surface area contributed by atoms with Crippen molar-refractivity contribution >= 4 is 11.8 Å². The monoisotopic (exact) mass is 330 g/mol. The zero-order chi connectivity index (χ0) is 17.4. The number of rotatable bonds is 7. The van der Waals surface area contributed by atoms with Crippen LogP contribution in [-0.4, -0.2) is 25.0 Å². The van der Waals surface area contributed by atoms with E-state index in [2.05, 4.69) is 10.6 Å². The fourth-order valence-corrected chi connectivity index (χ4v) is 1.97. The smallest absolute Gasteiger partial charge is 0.251 e. The first-order valence-electron chi connectivity index (χ1n) is 7.54. The van der Waals surface area contributed by atoms with Crippen LogP contribution in [0.5, 0.6) is 5.75 Å². The number of amides is 2. The van der Waals surface area contributed by atoms with Crippen molar-refractivity contribution < 1.29 is 18.7 Å². The first-order valence-corrected chi connectivity index (χ1v) is 7.54. The molecule has 0 saturated heterocycles. The van der Waals surface area contributed by atoms with E-state index >= 15 is 0 Å². The molecule has 5 nitrogen and oxygen atoms in total. The molecule has 0 saturated carbocycles. The zero-order valence-corrected chi connectivity index (χ0v) is 13.3. The predicted molar refractivity (Wildman–Crippen MR) is 88.2 cm³/mol. The molecule has 2 rings (SSSR count). The second kappa shape index (κ2) is 8.67. The van der Waals surface area contributed by atoms with Crippen LogP contribution in [0.4, 0.5) is 4.39 Å². The van der Waals surface area contributed by atoms with Crippen molar-refractivity contribution in [1.82, 2.24) is 10.6 Å². The molecule has 0 aromatic heterocycles. The minimum absolute atomic E-state index is 0.0991. The maximum Gasteiger partial charge on any atom is 0.251 e. The molecule has 0 aliphatic rings. The molecular formula is C18H19FN2O3. The Labute approximate surface area is 139 Å².